The van der Waals surface area contributed by atoms with Crippen LogP contribution in [0, 0.1) is 0 Å². The summed E-state index contributed by atoms with van der Waals surface area (Å²) in [6, 6.07) is 9.73. The molecule has 0 radical (unpaired) electrons. The number of likely N-dealkylation sites (tertiary alicyclic amines) is 1. The van der Waals surface area contributed by atoms with Crippen molar-refractivity contribution in [1.82, 2.24) is 19.4 Å². The molecular formula is C18H18N4O. The first-order valence-corrected chi connectivity index (χ1v) is 7.84. The van der Waals surface area contributed by atoms with Crippen LogP contribution in [0.1, 0.15) is 28.5 Å². The molecule has 4 rings (SSSR count). The van der Waals surface area contributed by atoms with Crippen LogP contribution >= 0.6 is 0 Å². The van der Waals surface area contributed by atoms with E-state index >= 15 is 0 Å². The molecule has 1 aliphatic rings. The molecule has 3 heterocycles. The van der Waals surface area contributed by atoms with Gasteiger partial charge in [0.05, 0.1) is 0 Å². The van der Waals surface area contributed by atoms with E-state index in [-0.39, 0.29) is 11.8 Å². The Hall–Kier alpha value is -2.69. The zero-order chi connectivity index (χ0) is 15.8. The molecule has 2 aromatic heterocycles. The number of benzene rings is 1. The summed E-state index contributed by atoms with van der Waals surface area (Å²) in [6.45, 7) is 1.44. The van der Waals surface area contributed by atoms with E-state index in [0.717, 1.165) is 35.3 Å². The number of rotatable bonds is 2. The Labute approximate surface area is 134 Å². The van der Waals surface area contributed by atoms with Gasteiger partial charge >= 0.3 is 0 Å². The zero-order valence-electron chi connectivity index (χ0n) is 13.0. The Morgan fingerprint density at radius 3 is 2.83 bits per heavy atom. The van der Waals surface area contributed by atoms with Gasteiger partial charge < -0.3 is 9.47 Å². The van der Waals surface area contributed by atoms with E-state index in [1.807, 2.05) is 53.0 Å². The summed E-state index contributed by atoms with van der Waals surface area (Å²) in [4.78, 5) is 23.5. The van der Waals surface area contributed by atoms with Gasteiger partial charge in [0.15, 0.2) is 0 Å². The van der Waals surface area contributed by atoms with E-state index < -0.39 is 0 Å². The van der Waals surface area contributed by atoms with E-state index in [1.165, 1.54) is 0 Å². The number of carbonyl (C=O) groups is 1. The Bertz CT molecular complexity index is 856. The van der Waals surface area contributed by atoms with Gasteiger partial charge in [0.25, 0.3) is 5.91 Å². The van der Waals surface area contributed by atoms with Crippen molar-refractivity contribution in [3.63, 3.8) is 0 Å². The molecule has 5 heteroatoms. The van der Waals surface area contributed by atoms with Crippen LogP contribution in [0.2, 0.25) is 0 Å². The third-order valence-electron chi connectivity index (χ3n) is 4.58. The molecular weight excluding hydrogens is 288 g/mol. The van der Waals surface area contributed by atoms with Gasteiger partial charge in [-0.2, -0.15) is 0 Å². The molecule has 1 aliphatic heterocycles. The van der Waals surface area contributed by atoms with Gasteiger partial charge in [-0.05, 0) is 30.7 Å². The predicted molar refractivity (Wildman–Crippen MR) is 88.2 cm³/mol. The van der Waals surface area contributed by atoms with Crippen molar-refractivity contribution in [2.45, 2.75) is 12.3 Å². The summed E-state index contributed by atoms with van der Waals surface area (Å²) >= 11 is 0. The van der Waals surface area contributed by atoms with Crippen molar-refractivity contribution in [3.05, 3.63) is 60.3 Å². The first kappa shape index (κ1) is 13.9. The maximum atomic E-state index is 12.9. The van der Waals surface area contributed by atoms with Crippen molar-refractivity contribution in [1.29, 1.82) is 0 Å². The topological polar surface area (TPSA) is 51.0 Å². The summed E-state index contributed by atoms with van der Waals surface area (Å²) in [6.07, 6.45) is 6.43. The summed E-state index contributed by atoms with van der Waals surface area (Å²) in [7, 11) is 2.00. The molecule has 0 saturated carbocycles. The van der Waals surface area contributed by atoms with Crippen molar-refractivity contribution < 1.29 is 4.79 Å². The third kappa shape index (κ3) is 2.38. The lowest BCUT2D eigenvalue weighted by Gasteiger charge is -2.17. The maximum Gasteiger partial charge on any atom is 0.254 e. The Morgan fingerprint density at radius 1 is 1.17 bits per heavy atom. The smallest absolute Gasteiger partial charge is 0.254 e. The molecule has 1 saturated heterocycles. The number of fused-ring (bicyclic) bond motifs is 1. The summed E-state index contributed by atoms with van der Waals surface area (Å²) in [5.74, 6) is 1.16. The Morgan fingerprint density at radius 2 is 2.00 bits per heavy atom. The van der Waals surface area contributed by atoms with Crippen LogP contribution in [0.4, 0.5) is 0 Å². The molecule has 0 bridgehead atoms. The predicted octanol–water partition coefficient (Wildman–Crippen LogP) is 2.60. The third-order valence-corrected chi connectivity index (χ3v) is 4.58. The minimum absolute atomic E-state index is 0.0974. The van der Waals surface area contributed by atoms with Crippen LogP contribution in [0.25, 0.3) is 10.9 Å². The number of amides is 1. The quantitative estimate of drug-likeness (QED) is 0.731. The summed E-state index contributed by atoms with van der Waals surface area (Å²) in [5, 5.41) is 1.01. The van der Waals surface area contributed by atoms with Crippen LogP contribution in [0.5, 0.6) is 0 Å². The second kappa shape index (κ2) is 5.50. The lowest BCUT2D eigenvalue weighted by Crippen LogP contribution is -2.28. The molecule has 0 spiro atoms. The van der Waals surface area contributed by atoms with E-state index in [4.69, 9.17) is 0 Å². The van der Waals surface area contributed by atoms with Gasteiger partial charge in [-0.15, -0.1) is 0 Å². The molecule has 1 amide bonds. The van der Waals surface area contributed by atoms with Gasteiger partial charge in [-0.25, -0.2) is 9.97 Å². The summed E-state index contributed by atoms with van der Waals surface area (Å²) < 4.78 is 2.04. The zero-order valence-corrected chi connectivity index (χ0v) is 13.0. The maximum absolute atomic E-state index is 12.9. The number of aryl methyl sites for hydroxylation is 1. The SMILES string of the molecule is Cn1ccc2c(C(=O)N3CCC(c4ncccn4)C3)cccc21. The van der Waals surface area contributed by atoms with E-state index in [9.17, 15) is 4.79 Å². The van der Waals surface area contributed by atoms with E-state index in [0.29, 0.717) is 6.54 Å². The minimum atomic E-state index is 0.0974. The van der Waals surface area contributed by atoms with Crippen LogP contribution in [-0.2, 0) is 7.05 Å². The molecule has 116 valence electrons. The van der Waals surface area contributed by atoms with Crippen molar-refractivity contribution in [3.8, 4) is 0 Å². The molecule has 1 unspecified atom stereocenters. The number of hydrogen-bond donors (Lipinski definition) is 0. The second-order valence-electron chi connectivity index (χ2n) is 6.01. The Kier molecular flexibility index (Phi) is 3.33. The van der Waals surface area contributed by atoms with Gasteiger partial charge in [0, 0.05) is 61.1 Å². The molecule has 1 aromatic carbocycles. The molecule has 0 N–H and O–H groups in total. The van der Waals surface area contributed by atoms with Gasteiger partial charge in [0.1, 0.15) is 5.82 Å². The van der Waals surface area contributed by atoms with Crippen LogP contribution < -0.4 is 0 Å². The van der Waals surface area contributed by atoms with Crippen molar-refractivity contribution in [2.75, 3.05) is 13.1 Å². The lowest BCUT2D eigenvalue weighted by atomic mass is 10.1. The number of carbonyl (C=O) groups excluding carboxylic acids is 1. The van der Waals surface area contributed by atoms with E-state index in [1.54, 1.807) is 12.4 Å². The average Bonchev–Trinajstić information content (AvgIpc) is 3.23. The molecule has 3 aromatic rings. The normalized spacial score (nSPS) is 17.8. The average molecular weight is 306 g/mol. The largest absolute Gasteiger partial charge is 0.351 e. The van der Waals surface area contributed by atoms with Crippen LogP contribution in [0.15, 0.2) is 48.9 Å². The minimum Gasteiger partial charge on any atom is -0.351 e. The van der Waals surface area contributed by atoms with Gasteiger partial charge in [-0.3, -0.25) is 4.79 Å². The van der Waals surface area contributed by atoms with Gasteiger partial charge in [0.2, 0.25) is 0 Å². The highest BCUT2D eigenvalue weighted by Crippen LogP contribution is 2.27. The first-order chi connectivity index (χ1) is 11.2. The highest BCUT2D eigenvalue weighted by molar-refractivity contribution is 6.06. The van der Waals surface area contributed by atoms with Crippen molar-refractivity contribution in [2.24, 2.45) is 7.05 Å². The molecule has 0 aliphatic carbocycles. The fraction of sp³-hybridized carbons (Fsp3) is 0.278. The van der Waals surface area contributed by atoms with Crippen LogP contribution in [-0.4, -0.2) is 38.4 Å². The highest BCUT2D eigenvalue weighted by Gasteiger charge is 2.30. The second-order valence-corrected chi connectivity index (χ2v) is 6.01. The number of nitrogens with zero attached hydrogens (tertiary/aromatic N) is 4. The number of hydrogen-bond acceptors (Lipinski definition) is 3. The van der Waals surface area contributed by atoms with Crippen molar-refractivity contribution >= 4 is 16.8 Å². The molecule has 1 atom stereocenters. The standard InChI is InChI=1S/C18H18N4O/c1-21-10-7-14-15(4-2-5-16(14)21)18(23)22-11-6-13(12-22)17-19-8-3-9-20-17/h2-5,7-10,13H,6,11-12H2,1H3. The monoisotopic (exact) mass is 306 g/mol. The lowest BCUT2D eigenvalue weighted by molar-refractivity contribution is 0.0792. The fourth-order valence-electron chi connectivity index (χ4n) is 3.34. The fourth-order valence-corrected chi connectivity index (χ4v) is 3.34. The van der Waals surface area contributed by atoms with E-state index in [2.05, 4.69) is 9.97 Å². The first-order valence-electron chi connectivity index (χ1n) is 7.84. The Balaban J connectivity index is 1.60. The summed E-state index contributed by atoms with van der Waals surface area (Å²) in [5.41, 5.74) is 1.86. The molecule has 1 fully saturated rings. The number of aromatic nitrogens is 3. The highest BCUT2D eigenvalue weighted by atomic mass is 16.2. The molecule has 23 heavy (non-hydrogen) atoms. The molecule has 5 nitrogen and oxygen atoms in total. The van der Waals surface area contributed by atoms with Gasteiger partial charge in [-0.1, -0.05) is 6.07 Å². The van der Waals surface area contributed by atoms with Crippen LogP contribution in [0.3, 0.4) is 0 Å².